The molecule has 2 rings (SSSR count). The Bertz CT molecular complexity index is 805. The molecule has 0 aliphatic carbocycles. The van der Waals surface area contributed by atoms with E-state index in [1.165, 1.54) is 30.2 Å². The fourth-order valence-electron chi connectivity index (χ4n) is 3.12. The summed E-state index contributed by atoms with van der Waals surface area (Å²) >= 11 is 0. The molecular weight excluding hydrogens is 360 g/mol. The SMILES string of the molecule is COc1ccc(C(=O)N2CCC(C(=O)O)C2C)cc1S(=O)(=O)NC(C)C. The van der Waals surface area contributed by atoms with Gasteiger partial charge in [0.1, 0.15) is 10.6 Å². The van der Waals surface area contributed by atoms with E-state index >= 15 is 0 Å². The first kappa shape index (κ1) is 20.2. The lowest BCUT2D eigenvalue weighted by molar-refractivity contribution is -0.142. The molecule has 2 N–H and O–H groups in total. The Hall–Kier alpha value is -2.13. The van der Waals surface area contributed by atoms with Crippen molar-refractivity contribution in [1.82, 2.24) is 9.62 Å². The Labute approximate surface area is 153 Å². The fraction of sp³-hybridized carbons (Fsp3) is 0.529. The van der Waals surface area contributed by atoms with Gasteiger partial charge in [0.25, 0.3) is 5.91 Å². The number of amides is 1. The lowest BCUT2D eigenvalue weighted by Crippen LogP contribution is -2.37. The molecule has 1 aliphatic rings. The number of hydrogen-bond donors (Lipinski definition) is 2. The standard InChI is InChI=1S/C17H24N2O6S/c1-10(2)18-26(23,24)15-9-12(5-6-14(15)25-4)16(20)19-8-7-13(11(19)3)17(21)22/h5-6,9-11,13,18H,7-8H2,1-4H3,(H,21,22). The summed E-state index contributed by atoms with van der Waals surface area (Å²) in [5.74, 6) is -1.83. The zero-order valence-electron chi connectivity index (χ0n) is 15.2. The second-order valence-corrected chi connectivity index (χ2v) is 8.30. The van der Waals surface area contributed by atoms with E-state index in [4.69, 9.17) is 4.74 Å². The van der Waals surface area contributed by atoms with Crippen LogP contribution in [-0.4, -0.2) is 56.0 Å². The monoisotopic (exact) mass is 384 g/mol. The number of carboxylic acid groups (broad SMARTS) is 1. The van der Waals surface area contributed by atoms with E-state index in [0.717, 1.165) is 0 Å². The lowest BCUT2D eigenvalue weighted by atomic mass is 10.0. The number of benzene rings is 1. The maximum atomic E-state index is 12.8. The molecule has 0 radical (unpaired) electrons. The average Bonchev–Trinajstić information content (AvgIpc) is 2.94. The number of carbonyl (C=O) groups excluding carboxylic acids is 1. The van der Waals surface area contributed by atoms with Crippen molar-refractivity contribution in [3.63, 3.8) is 0 Å². The summed E-state index contributed by atoms with van der Waals surface area (Å²) in [6.45, 7) is 5.38. The first-order chi connectivity index (χ1) is 12.1. The molecule has 0 saturated carbocycles. The Morgan fingerprint density at radius 1 is 1.35 bits per heavy atom. The molecule has 9 heteroatoms. The predicted molar refractivity (Wildman–Crippen MR) is 94.7 cm³/mol. The van der Waals surface area contributed by atoms with Crippen LogP contribution in [0.2, 0.25) is 0 Å². The quantitative estimate of drug-likeness (QED) is 0.765. The summed E-state index contributed by atoms with van der Waals surface area (Å²) in [6, 6.07) is 3.40. The second kappa shape index (κ2) is 7.63. The highest BCUT2D eigenvalue weighted by Gasteiger charge is 2.38. The van der Waals surface area contributed by atoms with Crippen LogP contribution in [0.4, 0.5) is 0 Å². The molecule has 0 spiro atoms. The van der Waals surface area contributed by atoms with Gasteiger partial charge in [-0.05, 0) is 45.4 Å². The summed E-state index contributed by atoms with van der Waals surface area (Å²) < 4.78 is 32.6. The van der Waals surface area contributed by atoms with Gasteiger partial charge in [-0.1, -0.05) is 0 Å². The molecule has 1 aromatic carbocycles. The minimum atomic E-state index is -3.86. The fourth-order valence-corrected chi connectivity index (χ4v) is 4.56. The van der Waals surface area contributed by atoms with Gasteiger partial charge in [-0.3, -0.25) is 9.59 Å². The smallest absolute Gasteiger partial charge is 0.308 e. The maximum absolute atomic E-state index is 12.8. The molecule has 0 aromatic heterocycles. The summed E-state index contributed by atoms with van der Waals surface area (Å²) in [5, 5.41) is 9.21. The van der Waals surface area contributed by atoms with E-state index in [-0.39, 0.29) is 22.3 Å². The van der Waals surface area contributed by atoms with Crippen LogP contribution < -0.4 is 9.46 Å². The number of methoxy groups -OCH3 is 1. The number of carbonyl (C=O) groups is 2. The summed E-state index contributed by atoms with van der Waals surface area (Å²) in [5.41, 5.74) is 0.174. The minimum absolute atomic E-state index is 0.124. The molecule has 1 saturated heterocycles. The third-order valence-corrected chi connectivity index (χ3v) is 6.10. The van der Waals surface area contributed by atoms with Crippen LogP contribution in [0.1, 0.15) is 37.6 Å². The first-order valence-electron chi connectivity index (χ1n) is 8.32. The number of ether oxygens (including phenoxy) is 1. The third-order valence-electron chi connectivity index (χ3n) is 4.42. The van der Waals surface area contributed by atoms with Crippen molar-refractivity contribution in [3.05, 3.63) is 23.8 Å². The Balaban J connectivity index is 2.38. The van der Waals surface area contributed by atoms with E-state index in [1.54, 1.807) is 20.8 Å². The van der Waals surface area contributed by atoms with Gasteiger partial charge in [-0.2, -0.15) is 0 Å². The van der Waals surface area contributed by atoms with Crippen LogP contribution in [-0.2, 0) is 14.8 Å². The number of nitrogens with zero attached hydrogens (tertiary/aromatic N) is 1. The van der Waals surface area contributed by atoms with Crippen LogP contribution in [0, 0.1) is 5.92 Å². The molecule has 1 fully saturated rings. The first-order valence-corrected chi connectivity index (χ1v) is 9.81. The number of aliphatic carboxylic acids is 1. The molecule has 1 aliphatic heterocycles. The number of sulfonamides is 1. The molecule has 2 atom stereocenters. The average molecular weight is 384 g/mol. The summed E-state index contributed by atoms with van der Waals surface area (Å²) in [7, 11) is -2.51. The van der Waals surface area contributed by atoms with Gasteiger partial charge in [0.2, 0.25) is 10.0 Å². The molecule has 1 heterocycles. The van der Waals surface area contributed by atoms with Crippen LogP contribution >= 0.6 is 0 Å². The lowest BCUT2D eigenvalue weighted by Gasteiger charge is -2.24. The van der Waals surface area contributed by atoms with Crippen molar-refractivity contribution in [2.45, 2.75) is 44.2 Å². The van der Waals surface area contributed by atoms with E-state index in [0.29, 0.717) is 13.0 Å². The van der Waals surface area contributed by atoms with E-state index in [2.05, 4.69) is 4.72 Å². The normalized spacial score (nSPS) is 20.4. The number of hydrogen-bond acceptors (Lipinski definition) is 5. The predicted octanol–water partition coefficient (Wildman–Crippen LogP) is 1.32. The number of nitrogens with one attached hydrogen (secondary N) is 1. The van der Waals surface area contributed by atoms with Gasteiger partial charge in [0, 0.05) is 24.2 Å². The van der Waals surface area contributed by atoms with Crippen molar-refractivity contribution >= 4 is 21.9 Å². The van der Waals surface area contributed by atoms with Crippen molar-refractivity contribution in [3.8, 4) is 5.75 Å². The van der Waals surface area contributed by atoms with E-state index < -0.39 is 33.9 Å². The van der Waals surface area contributed by atoms with Crippen molar-refractivity contribution < 1.29 is 27.9 Å². The Kier molecular flexibility index (Phi) is 5.92. The van der Waals surface area contributed by atoms with Gasteiger partial charge in [-0.15, -0.1) is 0 Å². The number of carboxylic acids is 1. The summed E-state index contributed by atoms with van der Waals surface area (Å²) in [4.78, 5) is 25.4. The van der Waals surface area contributed by atoms with Crippen LogP contribution in [0.15, 0.2) is 23.1 Å². The molecule has 1 amide bonds. The Morgan fingerprint density at radius 2 is 2.00 bits per heavy atom. The van der Waals surface area contributed by atoms with Gasteiger partial charge in [0.15, 0.2) is 0 Å². The molecule has 26 heavy (non-hydrogen) atoms. The van der Waals surface area contributed by atoms with Crippen molar-refractivity contribution in [2.24, 2.45) is 5.92 Å². The van der Waals surface area contributed by atoms with E-state index in [1.807, 2.05) is 0 Å². The highest BCUT2D eigenvalue weighted by atomic mass is 32.2. The largest absolute Gasteiger partial charge is 0.495 e. The topological polar surface area (TPSA) is 113 Å². The van der Waals surface area contributed by atoms with Crippen LogP contribution in [0.25, 0.3) is 0 Å². The third kappa shape index (κ3) is 3.99. The minimum Gasteiger partial charge on any atom is -0.495 e. The molecule has 1 aromatic rings. The summed E-state index contributed by atoms with van der Waals surface area (Å²) in [6.07, 6.45) is 0.373. The molecule has 144 valence electrons. The van der Waals surface area contributed by atoms with Gasteiger partial charge < -0.3 is 14.7 Å². The molecule has 0 bridgehead atoms. The molecule has 8 nitrogen and oxygen atoms in total. The molecular formula is C17H24N2O6S. The van der Waals surface area contributed by atoms with Gasteiger partial charge in [-0.25, -0.2) is 13.1 Å². The van der Waals surface area contributed by atoms with Crippen LogP contribution in [0.5, 0.6) is 5.75 Å². The van der Waals surface area contributed by atoms with E-state index in [9.17, 15) is 23.1 Å². The second-order valence-electron chi connectivity index (χ2n) is 6.61. The van der Waals surface area contributed by atoms with Crippen molar-refractivity contribution in [1.29, 1.82) is 0 Å². The van der Waals surface area contributed by atoms with Gasteiger partial charge >= 0.3 is 5.97 Å². The van der Waals surface area contributed by atoms with Gasteiger partial charge in [0.05, 0.1) is 13.0 Å². The number of likely N-dealkylation sites (tertiary alicyclic amines) is 1. The molecule has 2 unspecified atom stereocenters. The maximum Gasteiger partial charge on any atom is 0.308 e. The van der Waals surface area contributed by atoms with Crippen LogP contribution in [0.3, 0.4) is 0 Å². The highest BCUT2D eigenvalue weighted by molar-refractivity contribution is 7.89. The highest BCUT2D eigenvalue weighted by Crippen LogP contribution is 2.29. The zero-order valence-corrected chi connectivity index (χ0v) is 16.0. The number of rotatable bonds is 6. The Morgan fingerprint density at radius 3 is 2.50 bits per heavy atom. The zero-order chi connectivity index (χ0) is 19.6. The van der Waals surface area contributed by atoms with Crippen molar-refractivity contribution in [2.75, 3.05) is 13.7 Å².